The predicted molar refractivity (Wildman–Crippen MR) is 106 cm³/mol. The fourth-order valence-electron chi connectivity index (χ4n) is 2.88. The van der Waals surface area contributed by atoms with Crippen LogP contribution in [0.2, 0.25) is 0 Å². The second-order valence-electron chi connectivity index (χ2n) is 6.61. The molecule has 2 aromatic rings. The number of amides is 3. The molecule has 0 saturated carbocycles. The Balaban J connectivity index is 2.14. The summed E-state index contributed by atoms with van der Waals surface area (Å²) < 4.78 is 18.6. The van der Waals surface area contributed by atoms with Crippen molar-refractivity contribution in [2.45, 2.75) is 31.8 Å². The molecule has 0 aliphatic heterocycles. The Morgan fingerprint density at radius 1 is 1.00 bits per heavy atom. The Morgan fingerprint density at radius 2 is 1.62 bits per heavy atom. The Kier molecular flexibility index (Phi) is 7.70. The highest BCUT2D eigenvalue weighted by molar-refractivity contribution is 5.91. The molecule has 8 heteroatoms. The van der Waals surface area contributed by atoms with Gasteiger partial charge in [0.1, 0.15) is 23.7 Å². The van der Waals surface area contributed by atoms with Crippen molar-refractivity contribution < 1.29 is 23.5 Å². The largest absolute Gasteiger partial charge is 0.497 e. The summed E-state index contributed by atoms with van der Waals surface area (Å²) in [5.74, 6) is -1.56. The van der Waals surface area contributed by atoms with Crippen LogP contribution in [0.25, 0.3) is 0 Å². The fourth-order valence-corrected chi connectivity index (χ4v) is 2.88. The van der Waals surface area contributed by atoms with E-state index in [0.29, 0.717) is 11.3 Å². The maximum absolute atomic E-state index is 13.4. The first-order valence-electron chi connectivity index (χ1n) is 9.02. The van der Waals surface area contributed by atoms with E-state index in [1.165, 1.54) is 32.2 Å². The van der Waals surface area contributed by atoms with Crippen molar-refractivity contribution in [1.29, 1.82) is 0 Å². The lowest BCUT2D eigenvalue weighted by atomic mass is 10.0. The van der Waals surface area contributed by atoms with Crippen molar-refractivity contribution in [1.82, 2.24) is 10.6 Å². The minimum Gasteiger partial charge on any atom is -0.497 e. The highest BCUT2D eigenvalue weighted by Crippen LogP contribution is 2.14. The molecule has 2 rings (SSSR count). The molecule has 0 spiro atoms. The number of carbonyl (C=O) groups is 3. The Labute approximate surface area is 168 Å². The summed E-state index contributed by atoms with van der Waals surface area (Å²) in [6, 6.07) is 10.8. The first-order chi connectivity index (χ1) is 13.8. The number of carbonyl (C=O) groups excluding carboxylic acids is 3. The zero-order chi connectivity index (χ0) is 21.4. The first kappa shape index (κ1) is 21.9. The second-order valence-corrected chi connectivity index (χ2v) is 6.61. The van der Waals surface area contributed by atoms with E-state index in [2.05, 4.69) is 10.6 Å². The molecule has 0 saturated heterocycles. The van der Waals surface area contributed by atoms with E-state index >= 15 is 0 Å². The van der Waals surface area contributed by atoms with Crippen LogP contribution < -0.4 is 21.1 Å². The van der Waals surface area contributed by atoms with Gasteiger partial charge in [0.25, 0.3) is 0 Å². The van der Waals surface area contributed by atoms with Crippen LogP contribution in [-0.4, -0.2) is 36.9 Å². The van der Waals surface area contributed by atoms with Crippen molar-refractivity contribution in [3.8, 4) is 5.75 Å². The molecule has 0 heterocycles. The number of ether oxygens (including phenoxy) is 1. The average molecular weight is 401 g/mol. The van der Waals surface area contributed by atoms with Crippen LogP contribution in [0.15, 0.2) is 48.5 Å². The number of rotatable bonds is 9. The lowest BCUT2D eigenvalue weighted by molar-refractivity contribution is -0.130. The van der Waals surface area contributed by atoms with E-state index in [1.54, 1.807) is 30.3 Å². The molecule has 154 valence electrons. The molecule has 7 nitrogen and oxygen atoms in total. The summed E-state index contributed by atoms with van der Waals surface area (Å²) in [4.78, 5) is 36.2. The molecule has 0 bridgehead atoms. The summed E-state index contributed by atoms with van der Waals surface area (Å²) >= 11 is 0. The fraction of sp³-hybridized carbons (Fsp3) is 0.286. The lowest BCUT2D eigenvalue weighted by Crippen LogP contribution is -2.54. The molecule has 3 amide bonds. The van der Waals surface area contributed by atoms with Crippen LogP contribution >= 0.6 is 0 Å². The zero-order valence-corrected chi connectivity index (χ0v) is 16.3. The highest BCUT2D eigenvalue weighted by Gasteiger charge is 2.25. The maximum Gasteiger partial charge on any atom is 0.243 e. The molecule has 4 N–H and O–H groups in total. The molecule has 29 heavy (non-hydrogen) atoms. The van der Waals surface area contributed by atoms with E-state index in [4.69, 9.17) is 10.5 Å². The summed E-state index contributed by atoms with van der Waals surface area (Å²) in [5, 5.41) is 5.11. The predicted octanol–water partition coefficient (Wildman–Crippen LogP) is 1.09. The van der Waals surface area contributed by atoms with E-state index in [1.807, 2.05) is 0 Å². The van der Waals surface area contributed by atoms with Gasteiger partial charge >= 0.3 is 0 Å². The molecular formula is C21H24FN3O4. The van der Waals surface area contributed by atoms with E-state index in [0.717, 1.165) is 5.56 Å². The first-order valence-corrected chi connectivity index (χ1v) is 9.02. The van der Waals surface area contributed by atoms with Gasteiger partial charge in [0.05, 0.1) is 7.11 Å². The van der Waals surface area contributed by atoms with Crippen LogP contribution in [0.3, 0.4) is 0 Å². The van der Waals surface area contributed by atoms with Gasteiger partial charge < -0.3 is 21.1 Å². The smallest absolute Gasteiger partial charge is 0.243 e. The molecule has 0 fully saturated rings. The minimum atomic E-state index is -0.988. The summed E-state index contributed by atoms with van der Waals surface area (Å²) in [7, 11) is 1.52. The molecule has 0 aliphatic rings. The summed E-state index contributed by atoms with van der Waals surface area (Å²) in [5.41, 5.74) is 6.73. The average Bonchev–Trinajstić information content (AvgIpc) is 2.66. The van der Waals surface area contributed by atoms with Gasteiger partial charge in [0.2, 0.25) is 17.7 Å². The van der Waals surface area contributed by atoms with Crippen LogP contribution in [0, 0.1) is 5.82 Å². The van der Waals surface area contributed by atoms with Crippen molar-refractivity contribution in [3.05, 3.63) is 65.5 Å². The van der Waals surface area contributed by atoms with Gasteiger partial charge in [0.15, 0.2) is 0 Å². The Morgan fingerprint density at radius 3 is 2.21 bits per heavy atom. The third-order valence-corrected chi connectivity index (χ3v) is 4.26. The maximum atomic E-state index is 13.4. The van der Waals surface area contributed by atoms with Gasteiger partial charge in [-0.3, -0.25) is 14.4 Å². The van der Waals surface area contributed by atoms with Crippen LogP contribution in [-0.2, 0) is 27.2 Å². The van der Waals surface area contributed by atoms with Gasteiger partial charge in [-0.1, -0.05) is 24.3 Å². The van der Waals surface area contributed by atoms with Gasteiger partial charge in [-0.15, -0.1) is 0 Å². The number of methoxy groups -OCH3 is 1. The normalized spacial score (nSPS) is 12.5. The van der Waals surface area contributed by atoms with Gasteiger partial charge in [-0.25, -0.2) is 4.39 Å². The second kappa shape index (κ2) is 10.2. The monoisotopic (exact) mass is 401 g/mol. The number of hydrogen-bond acceptors (Lipinski definition) is 4. The quantitative estimate of drug-likeness (QED) is 0.584. The molecule has 0 radical (unpaired) electrons. The third-order valence-electron chi connectivity index (χ3n) is 4.26. The van der Waals surface area contributed by atoms with Gasteiger partial charge in [0, 0.05) is 19.8 Å². The molecule has 0 aliphatic carbocycles. The lowest BCUT2D eigenvalue weighted by Gasteiger charge is -2.22. The highest BCUT2D eigenvalue weighted by atomic mass is 19.1. The molecular weight excluding hydrogens is 377 g/mol. The number of primary amides is 1. The van der Waals surface area contributed by atoms with Crippen molar-refractivity contribution in [3.63, 3.8) is 0 Å². The van der Waals surface area contributed by atoms with Crippen molar-refractivity contribution >= 4 is 17.7 Å². The minimum absolute atomic E-state index is 0.0633. The summed E-state index contributed by atoms with van der Waals surface area (Å²) in [6.45, 7) is 1.27. The summed E-state index contributed by atoms with van der Waals surface area (Å²) in [6.07, 6.45) is 0.221. The number of hydrogen-bond donors (Lipinski definition) is 3. The Hall–Kier alpha value is -3.42. The number of halogens is 1. The van der Waals surface area contributed by atoms with Crippen molar-refractivity contribution in [2.24, 2.45) is 5.73 Å². The van der Waals surface area contributed by atoms with Crippen LogP contribution in [0.1, 0.15) is 18.1 Å². The van der Waals surface area contributed by atoms with Gasteiger partial charge in [-0.05, 0) is 35.4 Å². The molecule has 2 atom stereocenters. The zero-order valence-electron chi connectivity index (χ0n) is 16.3. The number of nitrogens with two attached hydrogens (primary N) is 1. The topological polar surface area (TPSA) is 111 Å². The van der Waals surface area contributed by atoms with E-state index in [9.17, 15) is 18.8 Å². The standard InChI is InChI=1S/C21H24FN3O4/c1-13(26)24-19(12-14-5-3-7-16(22)9-14)21(28)25-18(20(23)27)11-15-6-4-8-17(10-15)29-2/h3-10,18-19H,11-12H2,1-2H3,(H2,23,27)(H,24,26)(H,25,28)/t18-,19+/m0/s1. The molecule has 0 aromatic heterocycles. The third kappa shape index (κ3) is 6.91. The SMILES string of the molecule is COc1cccc(C[C@H](NC(=O)[C@@H](Cc2cccc(F)c2)NC(C)=O)C(N)=O)c1. The van der Waals surface area contributed by atoms with Gasteiger partial charge in [-0.2, -0.15) is 0 Å². The number of nitrogens with one attached hydrogen (secondary N) is 2. The Bertz CT molecular complexity index is 888. The van der Waals surface area contributed by atoms with Crippen LogP contribution in [0.4, 0.5) is 4.39 Å². The van der Waals surface area contributed by atoms with E-state index in [-0.39, 0.29) is 12.8 Å². The molecule has 0 unspecified atom stereocenters. The van der Waals surface area contributed by atoms with Crippen molar-refractivity contribution in [2.75, 3.05) is 7.11 Å². The molecule has 2 aromatic carbocycles. The number of benzene rings is 2. The van der Waals surface area contributed by atoms with Crippen LogP contribution in [0.5, 0.6) is 5.75 Å². The van der Waals surface area contributed by atoms with E-state index < -0.39 is 35.6 Å².